The number of rotatable bonds is 4. The zero-order valence-corrected chi connectivity index (χ0v) is 11.8. The van der Waals surface area contributed by atoms with Crippen LogP contribution < -0.4 is 10.6 Å². The average Bonchev–Trinajstić information content (AvgIpc) is 2.41. The van der Waals surface area contributed by atoms with E-state index in [0.717, 1.165) is 51.4 Å². The van der Waals surface area contributed by atoms with Crippen molar-refractivity contribution < 1.29 is 9.53 Å². The van der Waals surface area contributed by atoms with E-state index in [1.807, 2.05) is 0 Å². The van der Waals surface area contributed by atoms with Gasteiger partial charge in [-0.05, 0) is 51.1 Å². The summed E-state index contributed by atoms with van der Waals surface area (Å²) < 4.78 is 5.33. The van der Waals surface area contributed by atoms with Gasteiger partial charge in [0.2, 0.25) is 5.91 Å². The second kappa shape index (κ2) is 8.73. The van der Waals surface area contributed by atoms with Crippen molar-refractivity contribution in [2.45, 2.75) is 32.1 Å². The highest BCUT2D eigenvalue weighted by Crippen LogP contribution is 2.15. The smallest absolute Gasteiger partial charge is 0.225 e. The molecule has 2 rings (SSSR count). The maximum Gasteiger partial charge on any atom is 0.225 e. The molecule has 0 aliphatic carbocycles. The Morgan fingerprint density at radius 2 is 2.22 bits per heavy atom. The Labute approximate surface area is 116 Å². The van der Waals surface area contributed by atoms with Crippen molar-refractivity contribution in [2.75, 3.05) is 32.8 Å². The summed E-state index contributed by atoms with van der Waals surface area (Å²) in [6, 6.07) is 0. The molecule has 5 heteroatoms. The molecule has 0 aromatic carbocycles. The molecule has 2 atom stereocenters. The molecule has 2 N–H and O–H groups in total. The zero-order chi connectivity index (χ0) is 11.9. The van der Waals surface area contributed by atoms with Gasteiger partial charge >= 0.3 is 0 Å². The van der Waals surface area contributed by atoms with Gasteiger partial charge in [-0.2, -0.15) is 0 Å². The van der Waals surface area contributed by atoms with Crippen LogP contribution >= 0.6 is 12.4 Å². The second-order valence-electron chi connectivity index (χ2n) is 5.21. The first-order chi connectivity index (χ1) is 8.36. The van der Waals surface area contributed by atoms with Gasteiger partial charge in [-0.1, -0.05) is 0 Å². The van der Waals surface area contributed by atoms with Gasteiger partial charge in [-0.15, -0.1) is 12.4 Å². The van der Waals surface area contributed by atoms with E-state index in [-0.39, 0.29) is 24.2 Å². The maximum atomic E-state index is 11.8. The number of carbonyl (C=O) groups excluding carboxylic acids is 1. The molecule has 2 aliphatic rings. The van der Waals surface area contributed by atoms with E-state index in [0.29, 0.717) is 6.61 Å². The van der Waals surface area contributed by atoms with Crippen LogP contribution in [-0.2, 0) is 9.53 Å². The quantitative estimate of drug-likeness (QED) is 0.815. The Morgan fingerprint density at radius 1 is 1.33 bits per heavy atom. The van der Waals surface area contributed by atoms with E-state index in [2.05, 4.69) is 10.6 Å². The molecule has 2 saturated heterocycles. The van der Waals surface area contributed by atoms with Gasteiger partial charge in [-0.25, -0.2) is 0 Å². The van der Waals surface area contributed by atoms with Gasteiger partial charge in [0, 0.05) is 13.2 Å². The number of hydrogen-bond donors (Lipinski definition) is 2. The molecule has 0 spiro atoms. The lowest BCUT2D eigenvalue weighted by atomic mass is 9.96. The summed E-state index contributed by atoms with van der Waals surface area (Å²) in [7, 11) is 0. The minimum absolute atomic E-state index is 0. The highest BCUT2D eigenvalue weighted by Gasteiger charge is 2.21. The minimum atomic E-state index is 0. The van der Waals surface area contributed by atoms with E-state index in [1.165, 1.54) is 12.8 Å². The maximum absolute atomic E-state index is 11.8. The van der Waals surface area contributed by atoms with Crippen LogP contribution in [0.1, 0.15) is 32.1 Å². The molecule has 2 aliphatic heterocycles. The number of nitrogens with one attached hydrogen (secondary N) is 2. The van der Waals surface area contributed by atoms with Crippen LogP contribution in [0.5, 0.6) is 0 Å². The van der Waals surface area contributed by atoms with E-state index in [9.17, 15) is 4.79 Å². The molecule has 0 radical (unpaired) electrons. The number of hydrogen-bond acceptors (Lipinski definition) is 3. The second-order valence-corrected chi connectivity index (χ2v) is 5.21. The lowest BCUT2D eigenvalue weighted by Crippen LogP contribution is -2.38. The van der Waals surface area contributed by atoms with E-state index >= 15 is 0 Å². The number of halogens is 1. The summed E-state index contributed by atoms with van der Waals surface area (Å²) in [5.41, 5.74) is 0. The van der Waals surface area contributed by atoms with Crippen molar-refractivity contribution in [1.29, 1.82) is 0 Å². The van der Waals surface area contributed by atoms with Crippen molar-refractivity contribution in [1.82, 2.24) is 10.6 Å². The van der Waals surface area contributed by atoms with Crippen molar-refractivity contribution >= 4 is 18.3 Å². The first kappa shape index (κ1) is 15.7. The third kappa shape index (κ3) is 5.12. The summed E-state index contributed by atoms with van der Waals surface area (Å²) in [5, 5.41) is 6.46. The van der Waals surface area contributed by atoms with Crippen LogP contribution in [0.2, 0.25) is 0 Å². The predicted molar refractivity (Wildman–Crippen MR) is 74.0 cm³/mol. The fourth-order valence-corrected chi connectivity index (χ4v) is 2.66. The van der Waals surface area contributed by atoms with E-state index < -0.39 is 0 Å². The number of carbonyl (C=O) groups is 1. The predicted octanol–water partition coefficient (Wildman–Crippen LogP) is 1.34. The third-order valence-electron chi connectivity index (χ3n) is 3.78. The average molecular weight is 277 g/mol. The Balaban J connectivity index is 0.00000162. The molecule has 0 saturated carbocycles. The molecule has 0 bridgehead atoms. The monoisotopic (exact) mass is 276 g/mol. The molecule has 18 heavy (non-hydrogen) atoms. The van der Waals surface area contributed by atoms with Crippen LogP contribution in [0, 0.1) is 11.8 Å². The Kier molecular flexibility index (Phi) is 7.63. The Hall–Kier alpha value is -0.320. The van der Waals surface area contributed by atoms with Crippen molar-refractivity contribution in [3.05, 3.63) is 0 Å². The highest BCUT2D eigenvalue weighted by molar-refractivity contribution is 5.85. The molecule has 106 valence electrons. The van der Waals surface area contributed by atoms with Gasteiger partial charge in [0.05, 0.1) is 12.5 Å². The molecule has 4 nitrogen and oxygen atoms in total. The lowest BCUT2D eigenvalue weighted by Gasteiger charge is -2.24. The van der Waals surface area contributed by atoms with Crippen molar-refractivity contribution in [3.8, 4) is 0 Å². The summed E-state index contributed by atoms with van der Waals surface area (Å²) in [6.07, 6.45) is 5.68. The fourth-order valence-electron chi connectivity index (χ4n) is 2.66. The molecule has 2 fully saturated rings. The van der Waals surface area contributed by atoms with Crippen LogP contribution in [0.3, 0.4) is 0 Å². The lowest BCUT2D eigenvalue weighted by molar-refractivity contribution is -0.129. The van der Waals surface area contributed by atoms with E-state index in [4.69, 9.17) is 4.74 Å². The van der Waals surface area contributed by atoms with Crippen molar-refractivity contribution in [3.63, 3.8) is 0 Å². The molecule has 2 unspecified atom stereocenters. The Morgan fingerprint density at radius 3 is 2.89 bits per heavy atom. The largest absolute Gasteiger partial charge is 0.381 e. The summed E-state index contributed by atoms with van der Waals surface area (Å²) >= 11 is 0. The number of ether oxygens (including phenoxy) is 1. The molecule has 0 aromatic rings. The first-order valence-corrected chi connectivity index (χ1v) is 6.92. The molecular weight excluding hydrogens is 252 g/mol. The van der Waals surface area contributed by atoms with Gasteiger partial charge < -0.3 is 15.4 Å². The van der Waals surface area contributed by atoms with Gasteiger partial charge in [-0.3, -0.25) is 4.79 Å². The number of piperidine rings is 1. The number of amides is 1. The van der Waals surface area contributed by atoms with Crippen LogP contribution in [0.15, 0.2) is 0 Å². The zero-order valence-electron chi connectivity index (χ0n) is 11.0. The summed E-state index contributed by atoms with van der Waals surface area (Å²) in [6.45, 7) is 4.51. The van der Waals surface area contributed by atoms with Crippen molar-refractivity contribution in [2.24, 2.45) is 11.8 Å². The summed E-state index contributed by atoms with van der Waals surface area (Å²) in [5.74, 6) is 1.02. The topological polar surface area (TPSA) is 50.4 Å². The van der Waals surface area contributed by atoms with Gasteiger partial charge in [0.15, 0.2) is 0 Å². The SMILES string of the molecule is Cl.O=C(NCCC1CCCNC1)C1CCCOC1. The summed E-state index contributed by atoms with van der Waals surface area (Å²) in [4.78, 5) is 11.8. The normalized spacial score (nSPS) is 28.2. The standard InChI is InChI=1S/C13H24N2O2.ClH/c16-13(12-4-2-8-17-10-12)15-7-5-11-3-1-6-14-9-11;/h11-12,14H,1-10H2,(H,15,16);1H. The van der Waals surface area contributed by atoms with Crippen LogP contribution in [0.25, 0.3) is 0 Å². The minimum Gasteiger partial charge on any atom is -0.381 e. The molecule has 1 amide bonds. The van der Waals surface area contributed by atoms with Crippen LogP contribution in [-0.4, -0.2) is 38.8 Å². The first-order valence-electron chi connectivity index (χ1n) is 6.92. The molecule has 2 heterocycles. The molecule has 0 aromatic heterocycles. The van der Waals surface area contributed by atoms with Crippen LogP contribution in [0.4, 0.5) is 0 Å². The van der Waals surface area contributed by atoms with Gasteiger partial charge in [0.1, 0.15) is 0 Å². The molecular formula is C13H25ClN2O2. The Bertz CT molecular complexity index is 239. The van der Waals surface area contributed by atoms with Gasteiger partial charge in [0.25, 0.3) is 0 Å². The third-order valence-corrected chi connectivity index (χ3v) is 3.78. The fraction of sp³-hybridized carbons (Fsp3) is 0.923. The highest BCUT2D eigenvalue weighted by atomic mass is 35.5. The van der Waals surface area contributed by atoms with E-state index in [1.54, 1.807) is 0 Å².